The molecule has 2 aromatic carbocycles. The Balaban J connectivity index is 1.56. The number of hydrogen-bond donors (Lipinski definition) is 2. The van der Waals surface area contributed by atoms with E-state index in [1.165, 1.54) is 24.9 Å². The molecule has 3 heterocycles. The average molecular weight is 460 g/mol. The number of thioether (sulfide) groups is 2. The second-order valence-corrected chi connectivity index (χ2v) is 11.0. The van der Waals surface area contributed by atoms with Crippen molar-refractivity contribution >= 4 is 61.7 Å². The number of aliphatic imine (C=N–C) groups is 1. The smallest absolute Gasteiger partial charge is 0.274 e. The van der Waals surface area contributed by atoms with Crippen molar-refractivity contribution in [2.45, 2.75) is 16.8 Å². The number of nitrogens with zero attached hydrogens (tertiary/aromatic N) is 2. The first kappa shape index (κ1) is 19.5. The van der Waals surface area contributed by atoms with Gasteiger partial charge in [-0.3, -0.25) is 14.1 Å². The summed E-state index contributed by atoms with van der Waals surface area (Å²) in [7, 11) is -2.76. The molecule has 1 atom stereocenters. The summed E-state index contributed by atoms with van der Waals surface area (Å²) in [5, 5.41) is 16.9. The van der Waals surface area contributed by atoms with Crippen LogP contribution in [0.15, 0.2) is 62.3 Å². The molecule has 0 fully saturated rings. The molecular formula is C20H17N3O4S3. The maximum absolute atomic E-state index is 13.3. The summed E-state index contributed by atoms with van der Waals surface area (Å²) in [6.45, 7) is 0. The molecule has 0 saturated carbocycles. The molecule has 7 nitrogen and oxygen atoms in total. The van der Waals surface area contributed by atoms with E-state index in [2.05, 4.69) is 10.3 Å². The quantitative estimate of drug-likeness (QED) is 0.715. The van der Waals surface area contributed by atoms with Crippen molar-refractivity contribution in [3.8, 4) is 0 Å². The van der Waals surface area contributed by atoms with Gasteiger partial charge in [-0.2, -0.15) is 0 Å². The minimum atomic E-state index is -4.03. The first-order chi connectivity index (χ1) is 14.4. The van der Waals surface area contributed by atoms with Gasteiger partial charge in [0.1, 0.15) is 4.90 Å². The van der Waals surface area contributed by atoms with E-state index < -0.39 is 21.4 Å². The van der Waals surface area contributed by atoms with E-state index in [-0.39, 0.29) is 21.9 Å². The van der Waals surface area contributed by atoms with Gasteiger partial charge in [-0.15, -0.1) is 11.8 Å². The third-order valence-corrected chi connectivity index (χ3v) is 9.11. The highest BCUT2D eigenvalue weighted by Gasteiger charge is 2.40. The summed E-state index contributed by atoms with van der Waals surface area (Å²) in [6.07, 6.45) is 0.832. The number of benzene rings is 2. The molecule has 1 unspecified atom stereocenters. The molecule has 2 aromatic rings. The van der Waals surface area contributed by atoms with Crippen LogP contribution in [0.2, 0.25) is 0 Å². The Labute approximate surface area is 182 Å². The molecule has 0 saturated heterocycles. The van der Waals surface area contributed by atoms with Crippen molar-refractivity contribution in [3.05, 3.63) is 58.0 Å². The lowest BCUT2D eigenvalue weighted by molar-refractivity contribution is -0.118. The second-order valence-electron chi connectivity index (χ2n) is 6.96. The second kappa shape index (κ2) is 7.07. The van der Waals surface area contributed by atoms with Crippen LogP contribution in [0.4, 0.5) is 0 Å². The average Bonchev–Trinajstić information content (AvgIpc) is 3.14. The number of carbonyl (C=O) groups is 1. The van der Waals surface area contributed by atoms with E-state index in [1.54, 1.807) is 36.0 Å². The molecule has 0 spiro atoms. The summed E-state index contributed by atoms with van der Waals surface area (Å²) in [6, 6.07) is 10.3. The summed E-state index contributed by atoms with van der Waals surface area (Å²) >= 11 is 3.11. The van der Waals surface area contributed by atoms with Gasteiger partial charge >= 0.3 is 0 Å². The van der Waals surface area contributed by atoms with Crippen LogP contribution in [0, 0.1) is 0 Å². The summed E-state index contributed by atoms with van der Waals surface area (Å²) in [5.74, 6) is -0.110. The highest BCUT2D eigenvalue weighted by Crippen LogP contribution is 2.40. The summed E-state index contributed by atoms with van der Waals surface area (Å²) in [4.78, 5) is 18.5. The van der Waals surface area contributed by atoms with Crippen molar-refractivity contribution < 1.29 is 18.3 Å². The van der Waals surface area contributed by atoms with Crippen molar-refractivity contribution in [3.63, 3.8) is 0 Å². The van der Waals surface area contributed by atoms with Crippen LogP contribution < -0.4 is 5.32 Å². The topological polar surface area (TPSA) is 99.1 Å². The zero-order chi connectivity index (χ0) is 21.0. The number of likely N-dealkylation sites (N-methyl/N-ethyl adjacent to an activating group) is 1. The Hall–Kier alpha value is -2.43. The number of sulfonamides is 1. The molecule has 154 valence electrons. The molecule has 3 aliphatic heterocycles. The normalized spacial score (nSPS) is 22.3. The van der Waals surface area contributed by atoms with Gasteiger partial charge in [0.25, 0.3) is 15.9 Å². The van der Waals surface area contributed by atoms with Gasteiger partial charge in [-0.05, 0) is 23.3 Å². The van der Waals surface area contributed by atoms with Gasteiger partial charge in [0.2, 0.25) is 0 Å². The van der Waals surface area contributed by atoms with Crippen LogP contribution in [0.3, 0.4) is 0 Å². The predicted molar refractivity (Wildman–Crippen MR) is 121 cm³/mol. The highest BCUT2D eigenvalue weighted by molar-refractivity contribution is 8.07. The standard InChI is InChI=1S/C20H17N3O4S3/c1-23-16(19(25)22-20-21-14-8-9-28-10-15(14)29-20)17(24)13-7-6-11-4-2-3-5-12(11)18(13)30(23,26)27/h2-7,10,20,24H,8-9H2,1H3,(H,22,25). The van der Waals surface area contributed by atoms with Crippen molar-refractivity contribution in [1.82, 2.24) is 9.62 Å². The van der Waals surface area contributed by atoms with Gasteiger partial charge in [0.05, 0.1) is 5.71 Å². The van der Waals surface area contributed by atoms with Gasteiger partial charge < -0.3 is 10.4 Å². The number of allylic oxidation sites excluding steroid dienone is 1. The van der Waals surface area contributed by atoms with Gasteiger partial charge in [0.15, 0.2) is 17.0 Å². The van der Waals surface area contributed by atoms with E-state index in [0.29, 0.717) is 5.39 Å². The zero-order valence-electron chi connectivity index (χ0n) is 15.8. The van der Waals surface area contributed by atoms with E-state index in [4.69, 9.17) is 0 Å². The molecule has 0 aromatic heterocycles. The minimum Gasteiger partial charge on any atom is -0.505 e. The Morgan fingerprint density at radius 2 is 2.07 bits per heavy atom. The van der Waals surface area contributed by atoms with Crippen LogP contribution in [0.5, 0.6) is 0 Å². The number of fused-ring (bicyclic) bond motifs is 4. The van der Waals surface area contributed by atoms with Crippen LogP contribution in [-0.2, 0) is 14.8 Å². The third kappa shape index (κ3) is 2.93. The van der Waals surface area contributed by atoms with Crippen LogP contribution in [-0.4, -0.2) is 47.7 Å². The maximum atomic E-state index is 13.3. The van der Waals surface area contributed by atoms with Crippen LogP contribution in [0.25, 0.3) is 16.5 Å². The lowest BCUT2D eigenvalue weighted by atomic mass is 10.0. The largest absolute Gasteiger partial charge is 0.505 e. The Morgan fingerprint density at radius 1 is 1.27 bits per heavy atom. The fraction of sp³-hybridized carbons (Fsp3) is 0.200. The molecular weight excluding hydrogens is 442 g/mol. The first-order valence-electron chi connectivity index (χ1n) is 9.18. The SMILES string of the molecule is CN1C(C(=O)NC2N=C3CCSC=C3S2)=C(O)c2ccc3ccccc3c2S1(=O)=O. The summed E-state index contributed by atoms with van der Waals surface area (Å²) < 4.78 is 27.4. The van der Waals surface area contributed by atoms with Crippen molar-refractivity contribution in [1.29, 1.82) is 0 Å². The van der Waals surface area contributed by atoms with E-state index in [0.717, 1.165) is 32.5 Å². The number of carbonyl (C=O) groups excluding carboxylic acids is 1. The Bertz CT molecular complexity index is 1300. The van der Waals surface area contributed by atoms with Gasteiger partial charge in [-0.1, -0.05) is 42.1 Å². The van der Waals surface area contributed by atoms with Crippen LogP contribution >= 0.6 is 23.5 Å². The fourth-order valence-electron chi connectivity index (χ4n) is 3.73. The number of amides is 1. The Morgan fingerprint density at radius 3 is 2.87 bits per heavy atom. The molecule has 2 N–H and O–H groups in total. The van der Waals surface area contributed by atoms with Gasteiger partial charge in [-0.25, -0.2) is 8.42 Å². The molecule has 0 aliphatic carbocycles. The van der Waals surface area contributed by atoms with Gasteiger partial charge in [0, 0.05) is 28.7 Å². The molecule has 5 rings (SSSR count). The summed E-state index contributed by atoms with van der Waals surface area (Å²) in [5.41, 5.74) is 0.211. The number of aliphatic hydroxyl groups is 1. The molecule has 0 radical (unpaired) electrons. The van der Waals surface area contributed by atoms with E-state index >= 15 is 0 Å². The van der Waals surface area contributed by atoms with Crippen molar-refractivity contribution in [2.75, 3.05) is 12.8 Å². The molecule has 0 bridgehead atoms. The third-order valence-electron chi connectivity index (χ3n) is 5.21. The minimum absolute atomic E-state index is 0.000773. The monoisotopic (exact) mass is 459 g/mol. The predicted octanol–water partition coefficient (Wildman–Crippen LogP) is 3.27. The zero-order valence-corrected chi connectivity index (χ0v) is 18.3. The molecule has 10 heteroatoms. The lowest BCUT2D eigenvalue weighted by Gasteiger charge is -2.29. The number of hydrogen-bond acceptors (Lipinski definition) is 7. The number of nitrogens with one attached hydrogen (secondary N) is 1. The Kier molecular flexibility index (Phi) is 4.60. The molecule has 1 amide bonds. The maximum Gasteiger partial charge on any atom is 0.274 e. The van der Waals surface area contributed by atoms with Crippen LogP contribution in [0.1, 0.15) is 12.0 Å². The first-order valence-corrected chi connectivity index (χ1v) is 12.6. The van der Waals surface area contributed by atoms with Crippen molar-refractivity contribution in [2.24, 2.45) is 4.99 Å². The lowest BCUT2D eigenvalue weighted by Crippen LogP contribution is -2.41. The highest BCUT2D eigenvalue weighted by atomic mass is 32.2. The number of aliphatic hydroxyl groups excluding tert-OH is 1. The molecule has 3 aliphatic rings. The van der Waals surface area contributed by atoms with E-state index in [9.17, 15) is 18.3 Å². The molecule has 30 heavy (non-hydrogen) atoms. The number of rotatable bonds is 2. The van der Waals surface area contributed by atoms with E-state index in [1.807, 2.05) is 11.5 Å². The fourth-order valence-corrected chi connectivity index (χ4v) is 7.34.